The first kappa shape index (κ1) is 11.7. The summed E-state index contributed by atoms with van der Waals surface area (Å²) in [6, 6.07) is 10.3. The molecule has 1 aromatic carbocycles. The molecule has 90 valence electrons. The Kier molecular flexibility index (Phi) is 3.84. The van der Waals surface area contributed by atoms with Gasteiger partial charge in [-0.15, -0.1) is 0 Å². The fraction of sp³-hybridized carbons (Fsp3) is 0.462. The minimum Gasteiger partial charge on any atom is -0.497 e. The third kappa shape index (κ3) is 2.89. The van der Waals surface area contributed by atoms with Crippen molar-refractivity contribution < 1.29 is 4.74 Å². The molecule has 1 aliphatic heterocycles. The quantitative estimate of drug-likeness (QED) is 0.736. The molecule has 1 fully saturated rings. The molecule has 1 saturated heterocycles. The summed E-state index contributed by atoms with van der Waals surface area (Å²) in [7, 11) is 1.68. The fourth-order valence-corrected chi connectivity index (χ4v) is 2.06. The maximum atomic E-state index is 8.64. The highest BCUT2D eigenvalue weighted by atomic mass is 16.5. The van der Waals surface area contributed by atoms with E-state index >= 15 is 0 Å². The lowest BCUT2D eigenvalue weighted by molar-refractivity contribution is 0.287. The Bertz CT molecular complexity index is 388. The van der Waals surface area contributed by atoms with Gasteiger partial charge in [0.15, 0.2) is 0 Å². The van der Waals surface area contributed by atoms with E-state index in [2.05, 4.69) is 28.0 Å². The van der Waals surface area contributed by atoms with Crippen LogP contribution < -0.4 is 9.64 Å². The molecule has 0 saturated carbocycles. The number of ether oxygens (including phenoxy) is 1. The molecule has 1 aliphatic rings. The molecule has 0 aliphatic carbocycles. The van der Waals surface area contributed by atoms with Gasteiger partial charge in [-0.25, -0.2) is 0 Å². The van der Waals surface area contributed by atoms with Crippen molar-refractivity contribution in [2.75, 3.05) is 44.7 Å². The molecule has 1 aromatic rings. The molecule has 4 heteroatoms. The number of methoxy groups -OCH3 is 1. The molecule has 0 aromatic heterocycles. The highest BCUT2D eigenvalue weighted by Gasteiger charge is 2.16. The molecule has 0 amide bonds. The molecule has 0 spiro atoms. The average molecular weight is 231 g/mol. The van der Waals surface area contributed by atoms with Gasteiger partial charge in [0.1, 0.15) is 5.75 Å². The van der Waals surface area contributed by atoms with Gasteiger partial charge in [-0.2, -0.15) is 5.26 Å². The van der Waals surface area contributed by atoms with E-state index < -0.39 is 0 Å². The fourth-order valence-electron chi connectivity index (χ4n) is 2.06. The van der Waals surface area contributed by atoms with Gasteiger partial charge >= 0.3 is 0 Å². The van der Waals surface area contributed by atoms with Crippen LogP contribution in [0.2, 0.25) is 0 Å². The number of anilines is 1. The largest absolute Gasteiger partial charge is 0.497 e. The van der Waals surface area contributed by atoms with E-state index in [0.29, 0.717) is 6.54 Å². The van der Waals surface area contributed by atoms with Crippen molar-refractivity contribution in [1.82, 2.24) is 4.90 Å². The van der Waals surface area contributed by atoms with Crippen molar-refractivity contribution in [1.29, 1.82) is 5.26 Å². The topological polar surface area (TPSA) is 39.5 Å². The lowest BCUT2D eigenvalue weighted by atomic mass is 10.2. The van der Waals surface area contributed by atoms with Crippen LogP contribution in [0.15, 0.2) is 24.3 Å². The predicted octanol–water partition coefficient (Wildman–Crippen LogP) is 1.34. The Labute approximate surface area is 102 Å². The molecule has 0 unspecified atom stereocenters. The van der Waals surface area contributed by atoms with Crippen LogP contribution in [0, 0.1) is 11.3 Å². The van der Waals surface area contributed by atoms with Gasteiger partial charge in [0.2, 0.25) is 0 Å². The van der Waals surface area contributed by atoms with Gasteiger partial charge in [-0.1, -0.05) is 0 Å². The molecule has 17 heavy (non-hydrogen) atoms. The van der Waals surface area contributed by atoms with Gasteiger partial charge in [0.05, 0.1) is 19.7 Å². The maximum absolute atomic E-state index is 8.64. The highest BCUT2D eigenvalue weighted by Crippen LogP contribution is 2.20. The van der Waals surface area contributed by atoms with Crippen LogP contribution in [-0.4, -0.2) is 44.7 Å². The number of hydrogen-bond acceptors (Lipinski definition) is 4. The molecule has 1 heterocycles. The number of rotatable bonds is 3. The van der Waals surface area contributed by atoms with Gasteiger partial charge < -0.3 is 9.64 Å². The minimum absolute atomic E-state index is 0.538. The second-order valence-electron chi connectivity index (χ2n) is 4.12. The monoisotopic (exact) mass is 231 g/mol. The van der Waals surface area contributed by atoms with E-state index in [1.165, 1.54) is 5.69 Å². The maximum Gasteiger partial charge on any atom is 0.119 e. The molecule has 0 N–H and O–H groups in total. The first-order valence-electron chi connectivity index (χ1n) is 5.82. The van der Waals surface area contributed by atoms with Crippen LogP contribution in [-0.2, 0) is 0 Å². The Morgan fingerprint density at radius 1 is 1.18 bits per heavy atom. The van der Waals surface area contributed by atoms with Gasteiger partial charge in [-0.3, -0.25) is 4.90 Å². The van der Waals surface area contributed by atoms with E-state index in [4.69, 9.17) is 10.00 Å². The molecule has 4 nitrogen and oxygen atoms in total. The Balaban J connectivity index is 1.93. The summed E-state index contributed by atoms with van der Waals surface area (Å²) in [5, 5.41) is 8.64. The van der Waals surface area contributed by atoms with Gasteiger partial charge in [0.25, 0.3) is 0 Å². The summed E-state index contributed by atoms with van der Waals surface area (Å²) in [6.07, 6.45) is 0. The van der Waals surface area contributed by atoms with E-state index in [1.54, 1.807) is 7.11 Å². The standard InChI is InChI=1S/C13H17N3O/c1-17-13-4-2-12(3-5-13)16-10-8-15(7-6-14)9-11-16/h2-5H,7-11H2,1H3. The zero-order valence-corrected chi connectivity index (χ0v) is 10.1. The molecule has 0 bridgehead atoms. The van der Waals surface area contributed by atoms with Crippen LogP contribution in [0.5, 0.6) is 5.75 Å². The lowest BCUT2D eigenvalue weighted by Gasteiger charge is -2.34. The highest BCUT2D eigenvalue weighted by molar-refractivity contribution is 5.49. The summed E-state index contributed by atoms with van der Waals surface area (Å²) < 4.78 is 5.14. The number of nitriles is 1. The van der Waals surface area contributed by atoms with Crippen LogP contribution >= 0.6 is 0 Å². The van der Waals surface area contributed by atoms with Gasteiger partial charge in [-0.05, 0) is 24.3 Å². The molecule has 0 atom stereocenters. The smallest absolute Gasteiger partial charge is 0.119 e. The van der Waals surface area contributed by atoms with Crippen molar-refractivity contribution in [2.45, 2.75) is 0 Å². The number of nitrogens with zero attached hydrogens (tertiary/aromatic N) is 3. The van der Waals surface area contributed by atoms with Gasteiger partial charge in [0, 0.05) is 31.9 Å². The van der Waals surface area contributed by atoms with E-state index in [1.807, 2.05) is 12.1 Å². The Hall–Kier alpha value is -1.73. The van der Waals surface area contributed by atoms with Crippen LogP contribution in [0.3, 0.4) is 0 Å². The van der Waals surface area contributed by atoms with Crippen LogP contribution in [0.1, 0.15) is 0 Å². The third-order valence-corrected chi connectivity index (χ3v) is 3.10. The minimum atomic E-state index is 0.538. The second-order valence-corrected chi connectivity index (χ2v) is 4.12. The summed E-state index contributed by atoms with van der Waals surface area (Å²) in [6.45, 7) is 4.41. The predicted molar refractivity (Wildman–Crippen MR) is 67.3 cm³/mol. The Morgan fingerprint density at radius 3 is 2.35 bits per heavy atom. The van der Waals surface area contributed by atoms with Crippen LogP contribution in [0.25, 0.3) is 0 Å². The molecule has 0 radical (unpaired) electrons. The molecular weight excluding hydrogens is 214 g/mol. The second kappa shape index (κ2) is 5.55. The SMILES string of the molecule is COc1ccc(N2CCN(CC#N)CC2)cc1. The normalized spacial score (nSPS) is 16.6. The Morgan fingerprint density at radius 2 is 1.82 bits per heavy atom. The summed E-state index contributed by atoms with van der Waals surface area (Å²) in [5.41, 5.74) is 1.22. The number of hydrogen-bond donors (Lipinski definition) is 0. The average Bonchev–Trinajstić information content (AvgIpc) is 2.40. The van der Waals surface area contributed by atoms with E-state index in [-0.39, 0.29) is 0 Å². The number of piperazine rings is 1. The van der Waals surface area contributed by atoms with Crippen molar-refractivity contribution in [3.63, 3.8) is 0 Å². The zero-order chi connectivity index (χ0) is 12.1. The number of benzene rings is 1. The molecule has 2 rings (SSSR count). The van der Waals surface area contributed by atoms with E-state index in [0.717, 1.165) is 31.9 Å². The lowest BCUT2D eigenvalue weighted by Crippen LogP contribution is -2.46. The van der Waals surface area contributed by atoms with Crippen molar-refractivity contribution in [3.8, 4) is 11.8 Å². The van der Waals surface area contributed by atoms with Crippen LogP contribution in [0.4, 0.5) is 5.69 Å². The first-order chi connectivity index (χ1) is 8.33. The summed E-state index contributed by atoms with van der Waals surface area (Å²) in [4.78, 5) is 4.52. The van der Waals surface area contributed by atoms with Crippen molar-refractivity contribution >= 4 is 5.69 Å². The van der Waals surface area contributed by atoms with Crippen molar-refractivity contribution in [2.24, 2.45) is 0 Å². The first-order valence-corrected chi connectivity index (χ1v) is 5.82. The summed E-state index contributed by atoms with van der Waals surface area (Å²) in [5.74, 6) is 0.886. The zero-order valence-electron chi connectivity index (χ0n) is 10.1. The third-order valence-electron chi connectivity index (χ3n) is 3.10. The van der Waals surface area contributed by atoms with Crippen molar-refractivity contribution in [3.05, 3.63) is 24.3 Å². The summed E-state index contributed by atoms with van der Waals surface area (Å²) >= 11 is 0. The molecular formula is C13H17N3O. The van der Waals surface area contributed by atoms with E-state index in [9.17, 15) is 0 Å².